The third-order valence-corrected chi connectivity index (χ3v) is 4.96. The zero-order chi connectivity index (χ0) is 16.0. The third-order valence-electron chi connectivity index (χ3n) is 3.11. The number of ether oxygens (including phenoxy) is 1. The first kappa shape index (κ1) is 17.0. The summed E-state index contributed by atoms with van der Waals surface area (Å²) in [6, 6.07) is 6.85. The minimum absolute atomic E-state index is 0.0327. The topological polar surface area (TPSA) is 75.7 Å². The Morgan fingerprint density at radius 3 is 2.77 bits per heavy atom. The fourth-order valence-electron chi connectivity index (χ4n) is 1.94. The molecule has 22 heavy (non-hydrogen) atoms. The summed E-state index contributed by atoms with van der Waals surface area (Å²) in [4.78, 5) is 13.9. The fourth-order valence-corrected chi connectivity index (χ4v) is 3.23. The molecule has 1 aliphatic heterocycles. The summed E-state index contributed by atoms with van der Waals surface area (Å²) in [7, 11) is -3.04. The van der Waals surface area contributed by atoms with Crippen molar-refractivity contribution >= 4 is 33.3 Å². The van der Waals surface area contributed by atoms with Crippen LogP contribution in [0.5, 0.6) is 5.75 Å². The van der Waals surface area contributed by atoms with Gasteiger partial charge in [0.1, 0.15) is 12.4 Å². The molecule has 1 aromatic carbocycles. The quantitative estimate of drug-likeness (QED) is 0.880. The van der Waals surface area contributed by atoms with Crippen molar-refractivity contribution in [1.29, 1.82) is 0 Å². The zero-order valence-corrected chi connectivity index (χ0v) is 14.1. The highest BCUT2D eigenvalue weighted by Gasteiger charge is 2.16. The van der Waals surface area contributed by atoms with Crippen molar-refractivity contribution in [3.8, 4) is 5.75 Å². The van der Waals surface area contributed by atoms with Gasteiger partial charge in [-0.1, -0.05) is 6.07 Å². The second kappa shape index (κ2) is 7.73. The zero-order valence-electron chi connectivity index (χ0n) is 12.4. The molecule has 0 aliphatic carbocycles. The van der Waals surface area contributed by atoms with E-state index < -0.39 is 9.84 Å². The Labute approximate surface area is 135 Å². The molecule has 1 aliphatic rings. The van der Waals surface area contributed by atoms with Crippen LogP contribution in [-0.4, -0.2) is 62.6 Å². The minimum atomic E-state index is -3.04. The van der Waals surface area contributed by atoms with Gasteiger partial charge < -0.3 is 15.0 Å². The van der Waals surface area contributed by atoms with E-state index in [1.165, 1.54) is 6.26 Å². The molecule has 0 saturated carbocycles. The van der Waals surface area contributed by atoms with Gasteiger partial charge in [-0.3, -0.25) is 0 Å². The fraction of sp³-hybridized carbons (Fsp3) is 0.500. The number of rotatable bonds is 5. The Hall–Kier alpha value is -1.41. The van der Waals surface area contributed by atoms with E-state index >= 15 is 0 Å². The number of nitrogens with one attached hydrogen (secondary N) is 1. The average Bonchev–Trinajstić information content (AvgIpc) is 2.47. The van der Waals surface area contributed by atoms with Gasteiger partial charge in [0.15, 0.2) is 9.84 Å². The molecule has 0 unspecified atom stereocenters. The highest BCUT2D eigenvalue weighted by Crippen LogP contribution is 2.18. The number of anilines is 1. The maximum absolute atomic E-state index is 12.1. The molecule has 1 fully saturated rings. The van der Waals surface area contributed by atoms with Crippen LogP contribution in [0, 0.1) is 0 Å². The lowest BCUT2D eigenvalue weighted by Gasteiger charge is -2.26. The summed E-state index contributed by atoms with van der Waals surface area (Å²) in [6.45, 7) is 1.60. The van der Waals surface area contributed by atoms with E-state index in [2.05, 4.69) is 5.32 Å². The Morgan fingerprint density at radius 1 is 1.36 bits per heavy atom. The first-order chi connectivity index (χ1) is 10.4. The van der Waals surface area contributed by atoms with E-state index in [0.29, 0.717) is 11.4 Å². The van der Waals surface area contributed by atoms with E-state index in [9.17, 15) is 13.2 Å². The summed E-state index contributed by atoms with van der Waals surface area (Å²) >= 11 is 1.85. The predicted molar refractivity (Wildman–Crippen MR) is 89.6 cm³/mol. The summed E-state index contributed by atoms with van der Waals surface area (Å²) < 4.78 is 27.5. The van der Waals surface area contributed by atoms with Gasteiger partial charge in [0, 0.05) is 42.6 Å². The highest BCUT2D eigenvalue weighted by molar-refractivity contribution is 7.99. The Balaban J connectivity index is 1.89. The second-order valence-electron chi connectivity index (χ2n) is 5.04. The summed E-state index contributed by atoms with van der Waals surface area (Å²) in [5, 5.41) is 2.84. The lowest BCUT2D eigenvalue weighted by molar-refractivity contribution is 0.217. The van der Waals surface area contributed by atoms with Gasteiger partial charge in [0.2, 0.25) is 0 Å². The largest absolute Gasteiger partial charge is 0.492 e. The van der Waals surface area contributed by atoms with Crippen molar-refractivity contribution in [2.45, 2.75) is 0 Å². The molecule has 122 valence electrons. The second-order valence-corrected chi connectivity index (χ2v) is 8.52. The molecule has 1 aromatic rings. The number of sulfone groups is 1. The smallest absolute Gasteiger partial charge is 0.321 e. The summed E-state index contributed by atoms with van der Waals surface area (Å²) in [6.07, 6.45) is 1.17. The van der Waals surface area contributed by atoms with Crippen molar-refractivity contribution < 1.29 is 17.9 Å². The molecule has 8 heteroatoms. The van der Waals surface area contributed by atoms with Gasteiger partial charge in [-0.15, -0.1) is 0 Å². The number of nitrogens with zero attached hydrogens (tertiary/aromatic N) is 1. The van der Waals surface area contributed by atoms with E-state index in [1.807, 2.05) is 11.8 Å². The maximum Gasteiger partial charge on any atom is 0.321 e. The van der Waals surface area contributed by atoms with Crippen LogP contribution in [0.25, 0.3) is 0 Å². The van der Waals surface area contributed by atoms with Crippen LogP contribution in [0.2, 0.25) is 0 Å². The highest BCUT2D eigenvalue weighted by atomic mass is 32.2. The first-order valence-electron chi connectivity index (χ1n) is 6.98. The SMILES string of the molecule is CS(=O)(=O)CCOc1cccc(NC(=O)N2CCSCC2)c1. The van der Waals surface area contributed by atoms with Crippen LogP contribution in [-0.2, 0) is 9.84 Å². The van der Waals surface area contributed by atoms with Gasteiger partial charge in [0.25, 0.3) is 0 Å². The molecule has 2 amide bonds. The third kappa shape index (κ3) is 5.76. The van der Waals surface area contributed by atoms with E-state index in [1.54, 1.807) is 29.2 Å². The maximum atomic E-state index is 12.1. The summed E-state index contributed by atoms with van der Waals surface area (Å²) in [5.74, 6) is 2.43. The molecule has 1 heterocycles. The Bertz CT molecular complexity index is 613. The van der Waals surface area contributed by atoms with E-state index in [4.69, 9.17) is 4.74 Å². The van der Waals surface area contributed by atoms with E-state index in [0.717, 1.165) is 24.6 Å². The van der Waals surface area contributed by atoms with Crippen LogP contribution in [0.15, 0.2) is 24.3 Å². The molecule has 0 spiro atoms. The lowest BCUT2D eigenvalue weighted by atomic mass is 10.3. The Morgan fingerprint density at radius 2 is 2.09 bits per heavy atom. The molecule has 0 aromatic heterocycles. The molecule has 0 radical (unpaired) electrons. The van der Waals surface area contributed by atoms with Crippen LogP contribution >= 0.6 is 11.8 Å². The number of thioether (sulfide) groups is 1. The lowest BCUT2D eigenvalue weighted by Crippen LogP contribution is -2.40. The van der Waals surface area contributed by atoms with Crippen molar-refractivity contribution in [2.75, 3.05) is 48.5 Å². The van der Waals surface area contributed by atoms with Crippen LogP contribution < -0.4 is 10.1 Å². The molecule has 0 bridgehead atoms. The van der Waals surface area contributed by atoms with Gasteiger partial charge in [-0.2, -0.15) is 11.8 Å². The van der Waals surface area contributed by atoms with Crippen LogP contribution in [0.3, 0.4) is 0 Å². The average molecular weight is 344 g/mol. The minimum Gasteiger partial charge on any atom is -0.492 e. The number of hydrogen-bond donors (Lipinski definition) is 1. The number of carbonyl (C=O) groups excluding carboxylic acids is 1. The van der Waals surface area contributed by atoms with Crippen molar-refractivity contribution in [2.24, 2.45) is 0 Å². The van der Waals surface area contributed by atoms with Crippen molar-refractivity contribution in [1.82, 2.24) is 4.90 Å². The molecule has 2 rings (SSSR count). The van der Waals surface area contributed by atoms with Crippen LogP contribution in [0.4, 0.5) is 10.5 Å². The molecule has 6 nitrogen and oxygen atoms in total. The normalized spacial score (nSPS) is 15.4. The monoisotopic (exact) mass is 344 g/mol. The number of amides is 2. The van der Waals surface area contributed by atoms with Gasteiger partial charge in [0.05, 0.1) is 5.75 Å². The number of carbonyl (C=O) groups is 1. The predicted octanol–water partition coefficient (Wildman–Crippen LogP) is 1.69. The summed E-state index contributed by atoms with van der Waals surface area (Å²) in [5.41, 5.74) is 0.639. The first-order valence-corrected chi connectivity index (χ1v) is 10.2. The number of hydrogen-bond acceptors (Lipinski definition) is 5. The Kier molecular flexibility index (Phi) is 5.96. The number of urea groups is 1. The molecule has 0 atom stereocenters. The standard InChI is InChI=1S/C14H20N2O4S2/c1-22(18,19)10-7-20-13-4-2-3-12(11-13)15-14(17)16-5-8-21-9-6-16/h2-4,11H,5-10H2,1H3,(H,15,17). The molecular weight excluding hydrogens is 324 g/mol. The van der Waals surface area contributed by atoms with Gasteiger partial charge in [-0.05, 0) is 12.1 Å². The molecular formula is C14H20N2O4S2. The molecule has 1 saturated heterocycles. The number of benzene rings is 1. The van der Waals surface area contributed by atoms with Crippen molar-refractivity contribution in [3.05, 3.63) is 24.3 Å². The molecule has 1 N–H and O–H groups in total. The van der Waals surface area contributed by atoms with Gasteiger partial charge in [-0.25, -0.2) is 13.2 Å². The van der Waals surface area contributed by atoms with Crippen LogP contribution in [0.1, 0.15) is 0 Å². The van der Waals surface area contributed by atoms with E-state index in [-0.39, 0.29) is 18.4 Å². The van der Waals surface area contributed by atoms with Crippen molar-refractivity contribution in [3.63, 3.8) is 0 Å². The van der Waals surface area contributed by atoms with Gasteiger partial charge >= 0.3 is 6.03 Å².